The molecule has 0 heterocycles. The van der Waals surface area contributed by atoms with E-state index in [-0.39, 0.29) is 11.6 Å². The van der Waals surface area contributed by atoms with Crippen LogP contribution in [0.4, 0.5) is 4.39 Å². The highest BCUT2D eigenvalue weighted by Gasteiger charge is 2.07. The first kappa shape index (κ1) is 15.4. The minimum absolute atomic E-state index is 0.00226. The minimum Gasteiger partial charge on any atom is -0.294 e. The van der Waals surface area contributed by atoms with Crippen LogP contribution in [0.5, 0.6) is 0 Å². The molecule has 2 aromatic carbocycles. The number of carbonyl (C=O) groups excluding carboxylic acids is 1. The summed E-state index contributed by atoms with van der Waals surface area (Å²) in [7, 11) is 0. The fourth-order valence-corrected chi connectivity index (χ4v) is 2.86. The molecular formula is C15H11Cl2FOS. The van der Waals surface area contributed by atoms with E-state index < -0.39 is 0 Å². The molecule has 20 heavy (non-hydrogen) atoms. The maximum absolute atomic E-state index is 12.8. The Kier molecular flexibility index (Phi) is 5.46. The standard InChI is InChI=1S/C15H11Cl2FOS/c16-13-6-5-12(9-14(13)17)20-8-7-15(19)10-1-3-11(18)4-2-10/h1-6,9H,7-8H2. The van der Waals surface area contributed by atoms with Crippen molar-refractivity contribution in [2.75, 3.05) is 5.75 Å². The summed E-state index contributed by atoms with van der Waals surface area (Å²) in [4.78, 5) is 12.8. The van der Waals surface area contributed by atoms with E-state index in [1.807, 2.05) is 6.07 Å². The molecule has 0 atom stereocenters. The molecule has 2 aromatic rings. The Morgan fingerprint density at radius 2 is 1.75 bits per heavy atom. The predicted molar refractivity (Wildman–Crippen MR) is 82.5 cm³/mol. The second kappa shape index (κ2) is 7.11. The van der Waals surface area contributed by atoms with Crippen LogP contribution in [0.3, 0.4) is 0 Å². The molecule has 5 heteroatoms. The molecule has 104 valence electrons. The molecule has 0 N–H and O–H groups in total. The van der Waals surface area contributed by atoms with E-state index in [0.29, 0.717) is 27.8 Å². The molecule has 0 unspecified atom stereocenters. The third-order valence-corrected chi connectivity index (χ3v) is 4.39. The molecule has 0 radical (unpaired) electrons. The molecule has 0 spiro atoms. The van der Waals surface area contributed by atoms with E-state index in [1.54, 1.807) is 12.1 Å². The average molecular weight is 329 g/mol. The van der Waals surface area contributed by atoms with Gasteiger partial charge in [0.2, 0.25) is 0 Å². The Morgan fingerprint density at radius 3 is 2.40 bits per heavy atom. The zero-order valence-corrected chi connectivity index (χ0v) is 12.7. The molecule has 0 aliphatic carbocycles. The van der Waals surface area contributed by atoms with Crippen LogP contribution >= 0.6 is 35.0 Å². The van der Waals surface area contributed by atoms with Crippen LogP contribution in [0.15, 0.2) is 47.4 Å². The molecule has 0 bridgehead atoms. The molecule has 0 aliphatic rings. The molecule has 0 fully saturated rings. The van der Waals surface area contributed by atoms with Gasteiger partial charge in [-0.2, -0.15) is 0 Å². The van der Waals surface area contributed by atoms with Crippen LogP contribution in [-0.2, 0) is 0 Å². The highest BCUT2D eigenvalue weighted by atomic mass is 35.5. The SMILES string of the molecule is O=C(CCSc1ccc(Cl)c(Cl)c1)c1ccc(F)cc1. The first-order valence-corrected chi connectivity index (χ1v) is 7.67. The number of benzene rings is 2. The summed E-state index contributed by atoms with van der Waals surface area (Å²) in [6.45, 7) is 0. The third kappa shape index (κ3) is 4.23. The topological polar surface area (TPSA) is 17.1 Å². The van der Waals surface area contributed by atoms with Gasteiger partial charge in [-0.05, 0) is 42.5 Å². The minimum atomic E-state index is -0.341. The van der Waals surface area contributed by atoms with E-state index in [2.05, 4.69) is 0 Å². The highest BCUT2D eigenvalue weighted by Crippen LogP contribution is 2.28. The van der Waals surface area contributed by atoms with Gasteiger partial charge in [-0.25, -0.2) is 4.39 Å². The number of halogens is 3. The molecule has 0 saturated carbocycles. The maximum atomic E-state index is 12.8. The smallest absolute Gasteiger partial charge is 0.163 e. The van der Waals surface area contributed by atoms with E-state index in [4.69, 9.17) is 23.2 Å². The van der Waals surface area contributed by atoms with Crippen molar-refractivity contribution >= 4 is 40.7 Å². The van der Waals surface area contributed by atoms with Gasteiger partial charge in [-0.3, -0.25) is 4.79 Å². The van der Waals surface area contributed by atoms with Gasteiger partial charge in [-0.1, -0.05) is 23.2 Å². The predicted octanol–water partition coefficient (Wildman–Crippen LogP) is 5.50. The molecule has 1 nitrogen and oxygen atoms in total. The lowest BCUT2D eigenvalue weighted by atomic mass is 10.1. The number of thioether (sulfide) groups is 1. The van der Waals surface area contributed by atoms with Gasteiger partial charge in [0.15, 0.2) is 5.78 Å². The maximum Gasteiger partial charge on any atom is 0.163 e. The van der Waals surface area contributed by atoms with Crippen LogP contribution < -0.4 is 0 Å². The molecule has 0 aliphatic heterocycles. The highest BCUT2D eigenvalue weighted by molar-refractivity contribution is 7.99. The van der Waals surface area contributed by atoms with Crippen LogP contribution in [0.1, 0.15) is 16.8 Å². The third-order valence-electron chi connectivity index (χ3n) is 2.66. The second-order valence-corrected chi connectivity index (χ2v) is 6.09. The second-order valence-electron chi connectivity index (χ2n) is 4.10. The van der Waals surface area contributed by atoms with Crippen molar-refractivity contribution in [1.29, 1.82) is 0 Å². The van der Waals surface area contributed by atoms with Crippen molar-refractivity contribution in [3.63, 3.8) is 0 Å². The molecule has 0 aromatic heterocycles. The van der Waals surface area contributed by atoms with Gasteiger partial charge in [-0.15, -0.1) is 11.8 Å². The van der Waals surface area contributed by atoms with Crippen molar-refractivity contribution in [3.05, 3.63) is 63.9 Å². The Balaban J connectivity index is 1.87. The lowest BCUT2D eigenvalue weighted by Crippen LogP contribution is -2.00. The number of hydrogen-bond donors (Lipinski definition) is 0. The van der Waals surface area contributed by atoms with Gasteiger partial charge in [0.05, 0.1) is 10.0 Å². The van der Waals surface area contributed by atoms with Gasteiger partial charge in [0, 0.05) is 22.6 Å². The molecular weight excluding hydrogens is 318 g/mol. The van der Waals surface area contributed by atoms with Crippen molar-refractivity contribution in [2.24, 2.45) is 0 Å². The van der Waals surface area contributed by atoms with Gasteiger partial charge in [0.25, 0.3) is 0 Å². The monoisotopic (exact) mass is 328 g/mol. The number of ketones is 1. The quantitative estimate of drug-likeness (QED) is 0.532. The van der Waals surface area contributed by atoms with Crippen molar-refractivity contribution in [1.82, 2.24) is 0 Å². The van der Waals surface area contributed by atoms with E-state index in [0.717, 1.165) is 4.90 Å². The summed E-state index contributed by atoms with van der Waals surface area (Å²) in [6, 6.07) is 11.0. The average Bonchev–Trinajstić information content (AvgIpc) is 2.43. The molecule has 0 amide bonds. The summed E-state index contributed by atoms with van der Waals surface area (Å²) in [5, 5.41) is 1.01. The lowest BCUT2D eigenvalue weighted by Gasteiger charge is -2.03. The van der Waals surface area contributed by atoms with E-state index >= 15 is 0 Å². The Hall–Kier alpha value is -1.03. The zero-order chi connectivity index (χ0) is 14.5. The summed E-state index contributed by atoms with van der Waals surface area (Å²) in [6.07, 6.45) is 0.385. The molecule has 0 saturated heterocycles. The van der Waals surface area contributed by atoms with E-state index in [1.165, 1.54) is 36.0 Å². The fourth-order valence-electron chi connectivity index (χ4n) is 1.61. The van der Waals surface area contributed by atoms with Crippen molar-refractivity contribution in [2.45, 2.75) is 11.3 Å². The normalized spacial score (nSPS) is 10.6. The fraction of sp³-hybridized carbons (Fsp3) is 0.133. The summed E-state index contributed by atoms with van der Waals surface area (Å²) >= 11 is 13.3. The number of carbonyl (C=O) groups is 1. The van der Waals surface area contributed by atoms with Crippen LogP contribution in [0.2, 0.25) is 10.0 Å². The van der Waals surface area contributed by atoms with Crippen molar-refractivity contribution in [3.8, 4) is 0 Å². The Morgan fingerprint density at radius 1 is 1.05 bits per heavy atom. The summed E-state index contributed by atoms with van der Waals surface area (Å²) < 4.78 is 12.8. The summed E-state index contributed by atoms with van der Waals surface area (Å²) in [5.41, 5.74) is 0.529. The number of Topliss-reactive ketones (excluding diaryl/α,β-unsaturated/α-hetero) is 1. The zero-order valence-electron chi connectivity index (χ0n) is 10.4. The number of hydrogen-bond acceptors (Lipinski definition) is 2. The lowest BCUT2D eigenvalue weighted by molar-refractivity contribution is 0.0989. The first-order valence-electron chi connectivity index (χ1n) is 5.93. The Bertz CT molecular complexity index is 614. The van der Waals surface area contributed by atoms with Gasteiger partial charge < -0.3 is 0 Å². The largest absolute Gasteiger partial charge is 0.294 e. The van der Waals surface area contributed by atoms with Crippen LogP contribution in [0, 0.1) is 5.82 Å². The van der Waals surface area contributed by atoms with Crippen LogP contribution in [-0.4, -0.2) is 11.5 Å². The van der Waals surface area contributed by atoms with Gasteiger partial charge >= 0.3 is 0 Å². The number of rotatable bonds is 5. The Labute approximate surface area is 131 Å². The van der Waals surface area contributed by atoms with Crippen LogP contribution in [0.25, 0.3) is 0 Å². The molecule has 2 rings (SSSR count). The first-order chi connectivity index (χ1) is 9.56. The van der Waals surface area contributed by atoms with Crippen molar-refractivity contribution < 1.29 is 9.18 Å². The van der Waals surface area contributed by atoms with Gasteiger partial charge in [0.1, 0.15) is 5.82 Å². The van der Waals surface area contributed by atoms with E-state index in [9.17, 15) is 9.18 Å². The summed E-state index contributed by atoms with van der Waals surface area (Å²) in [5.74, 6) is 0.290.